The highest BCUT2D eigenvalue weighted by atomic mass is 16.3. The molecule has 1 saturated heterocycles. The van der Waals surface area contributed by atoms with Crippen molar-refractivity contribution < 1.29 is 9.90 Å². The zero-order valence-corrected chi connectivity index (χ0v) is 22.2. The van der Waals surface area contributed by atoms with Gasteiger partial charge in [0.2, 0.25) is 0 Å². The van der Waals surface area contributed by atoms with Crippen molar-refractivity contribution in [1.82, 2.24) is 19.4 Å². The smallest absolute Gasteiger partial charge is 0.328 e. The SMILES string of the molecule is C=C(NCC(=O)CC1CN(C2CCC(O)(c3ccc4c(c3)n(C)c(=O)n4C)CC2)C1)c1cccc(C)c1. The Bertz CT molecular complexity index is 1390. The van der Waals surface area contributed by atoms with E-state index in [9.17, 15) is 14.7 Å². The molecule has 0 atom stereocenters. The van der Waals surface area contributed by atoms with Gasteiger partial charge < -0.3 is 10.4 Å². The summed E-state index contributed by atoms with van der Waals surface area (Å²) in [6.45, 7) is 8.34. The van der Waals surface area contributed by atoms with Crippen molar-refractivity contribution in [3.8, 4) is 0 Å². The lowest BCUT2D eigenvalue weighted by Crippen LogP contribution is -2.54. The Morgan fingerprint density at radius 2 is 1.78 bits per heavy atom. The van der Waals surface area contributed by atoms with Gasteiger partial charge in [0.15, 0.2) is 5.78 Å². The third-order valence-corrected chi connectivity index (χ3v) is 8.48. The number of rotatable bonds is 8. The van der Waals surface area contributed by atoms with E-state index < -0.39 is 5.60 Å². The monoisotopic (exact) mass is 502 g/mol. The molecule has 0 unspecified atom stereocenters. The Labute approximate surface area is 218 Å². The number of benzene rings is 2. The van der Waals surface area contributed by atoms with Crippen molar-refractivity contribution in [2.45, 2.75) is 50.7 Å². The molecule has 1 aliphatic carbocycles. The molecule has 2 N–H and O–H groups in total. The van der Waals surface area contributed by atoms with Gasteiger partial charge in [-0.15, -0.1) is 0 Å². The topological polar surface area (TPSA) is 79.5 Å². The second-order valence-corrected chi connectivity index (χ2v) is 11.1. The number of hydrogen-bond acceptors (Lipinski definition) is 5. The first-order valence-electron chi connectivity index (χ1n) is 13.3. The number of imidazole rings is 1. The summed E-state index contributed by atoms with van der Waals surface area (Å²) in [6, 6.07) is 14.5. The summed E-state index contributed by atoms with van der Waals surface area (Å²) in [5.74, 6) is 0.631. The van der Waals surface area contributed by atoms with Crippen LogP contribution in [0.2, 0.25) is 0 Å². The molecule has 1 aliphatic heterocycles. The van der Waals surface area contributed by atoms with E-state index in [4.69, 9.17) is 0 Å². The van der Waals surface area contributed by atoms with Gasteiger partial charge >= 0.3 is 5.69 Å². The minimum absolute atomic E-state index is 0.0549. The van der Waals surface area contributed by atoms with Gasteiger partial charge in [0.1, 0.15) is 0 Å². The number of hydrogen-bond donors (Lipinski definition) is 2. The number of carbonyl (C=O) groups is 1. The first-order valence-corrected chi connectivity index (χ1v) is 13.3. The predicted octanol–water partition coefficient (Wildman–Crippen LogP) is 3.47. The highest BCUT2D eigenvalue weighted by molar-refractivity contribution is 5.82. The van der Waals surface area contributed by atoms with Crippen molar-refractivity contribution in [3.63, 3.8) is 0 Å². The van der Waals surface area contributed by atoms with Crippen LogP contribution < -0.4 is 11.0 Å². The highest BCUT2D eigenvalue weighted by Crippen LogP contribution is 2.41. The number of carbonyl (C=O) groups excluding carboxylic acids is 1. The van der Waals surface area contributed by atoms with Gasteiger partial charge in [0.25, 0.3) is 0 Å². The Balaban J connectivity index is 1.08. The number of ketones is 1. The Hall–Kier alpha value is -3.16. The summed E-state index contributed by atoms with van der Waals surface area (Å²) >= 11 is 0. The lowest BCUT2D eigenvalue weighted by Gasteiger charge is -2.48. The Morgan fingerprint density at radius 3 is 2.49 bits per heavy atom. The molecule has 2 heterocycles. The Morgan fingerprint density at radius 1 is 1.08 bits per heavy atom. The van der Waals surface area contributed by atoms with E-state index >= 15 is 0 Å². The van der Waals surface area contributed by atoms with Crippen LogP contribution in [-0.2, 0) is 24.5 Å². The van der Waals surface area contributed by atoms with Gasteiger partial charge in [-0.3, -0.25) is 18.8 Å². The lowest BCUT2D eigenvalue weighted by molar-refractivity contribution is -0.121. The van der Waals surface area contributed by atoms with E-state index in [1.165, 1.54) is 5.56 Å². The van der Waals surface area contributed by atoms with Crippen LogP contribution in [0.4, 0.5) is 0 Å². The van der Waals surface area contributed by atoms with Gasteiger partial charge in [0, 0.05) is 45.3 Å². The van der Waals surface area contributed by atoms with Crippen LogP contribution in [0.25, 0.3) is 16.7 Å². The van der Waals surface area contributed by atoms with Crippen molar-refractivity contribution >= 4 is 22.5 Å². The molecular weight excluding hydrogens is 464 g/mol. The summed E-state index contributed by atoms with van der Waals surface area (Å²) in [6.07, 6.45) is 3.86. The summed E-state index contributed by atoms with van der Waals surface area (Å²) in [7, 11) is 3.55. The molecule has 0 amide bonds. The summed E-state index contributed by atoms with van der Waals surface area (Å²) in [4.78, 5) is 27.3. The normalized spacial score (nSPS) is 22.6. The molecule has 5 rings (SSSR count). The van der Waals surface area contributed by atoms with E-state index in [2.05, 4.69) is 22.9 Å². The average molecular weight is 503 g/mol. The van der Waals surface area contributed by atoms with Gasteiger partial charge in [-0.1, -0.05) is 36.4 Å². The van der Waals surface area contributed by atoms with Crippen LogP contribution in [0, 0.1) is 12.8 Å². The second-order valence-electron chi connectivity index (χ2n) is 11.1. The van der Waals surface area contributed by atoms with E-state index in [0.717, 1.165) is 53.8 Å². The van der Waals surface area contributed by atoms with Crippen molar-refractivity contribution in [3.05, 3.63) is 76.2 Å². The largest absolute Gasteiger partial charge is 0.385 e. The second kappa shape index (κ2) is 9.95. The van der Waals surface area contributed by atoms with Crippen LogP contribution >= 0.6 is 0 Å². The number of aromatic nitrogens is 2. The molecule has 2 aliphatic rings. The first-order chi connectivity index (χ1) is 17.6. The minimum atomic E-state index is -0.859. The zero-order chi connectivity index (χ0) is 26.3. The number of Topliss-reactive ketones (excluding diaryl/α,β-unsaturated/α-hetero) is 1. The fourth-order valence-corrected chi connectivity index (χ4v) is 6.10. The number of aliphatic hydroxyl groups is 1. The first kappa shape index (κ1) is 25.5. The molecule has 0 radical (unpaired) electrons. The van der Waals surface area contributed by atoms with Crippen molar-refractivity contribution in [2.75, 3.05) is 19.6 Å². The maximum atomic E-state index is 12.5. The molecule has 1 saturated carbocycles. The Kier molecular flexibility index (Phi) is 6.86. The van der Waals surface area contributed by atoms with Gasteiger partial charge in [-0.2, -0.15) is 0 Å². The van der Waals surface area contributed by atoms with E-state index in [-0.39, 0.29) is 11.5 Å². The zero-order valence-electron chi connectivity index (χ0n) is 22.2. The lowest BCUT2D eigenvalue weighted by atomic mass is 9.76. The van der Waals surface area contributed by atoms with E-state index in [1.54, 1.807) is 23.2 Å². The molecule has 0 bridgehead atoms. The van der Waals surface area contributed by atoms with Crippen LogP contribution in [0.3, 0.4) is 0 Å². The summed E-state index contributed by atoms with van der Waals surface area (Å²) < 4.78 is 3.28. The van der Waals surface area contributed by atoms with E-state index in [0.29, 0.717) is 37.8 Å². The molecule has 1 aromatic heterocycles. The molecule has 196 valence electrons. The predicted molar refractivity (Wildman–Crippen MR) is 147 cm³/mol. The molecular formula is C30H38N4O3. The fourth-order valence-electron chi connectivity index (χ4n) is 6.10. The molecule has 2 aromatic carbocycles. The van der Waals surface area contributed by atoms with Crippen LogP contribution in [-0.4, -0.2) is 50.6 Å². The summed E-state index contributed by atoms with van der Waals surface area (Å²) in [5, 5.41) is 14.7. The number of fused-ring (bicyclic) bond motifs is 1. The van der Waals surface area contributed by atoms with Crippen LogP contribution in [0.15, 0.2) is 53.8 Å². The van der Waals surface area contributed by atoms with Gasteiger partial charge in [-0.25, -0.2) is 4.79 Å². The molecule has 7 nitrogen and oxygen atoms in total. The standard InChI is InChI=1S/C30H38N4O3/c1-20-6-5-7-23(14-20)21(2)31-17-26(35)15-22-18-34(19-22)25-10-12-30(37,13-11-25)24-8-9-27-28(16-24)33(4)29(36)32(27)3/h5-9,14,16,22,25,31,37H,2,10-13,15,17-19H2,1,3-4H3. The maximum Gasteiger partial charge on any atom is 0.328 e. The number of nitrogens with zero attached hydrogens (tertiary/aromatic N) is 3. The average Bonchev–Trinajstić information content (AvgIpc) is 3.08. The van der Waals surface area contributed by atoms with Crippen LogP contribution in [0.1, 0.15) is 48.8 Å². The number of aryl methyl sites for hydroxylation is 3. The third-order valence-electron chi connectivity index (χ3n) is 8.48. The van der Waals surface area contributed by atoms with Crippen molar-refractivity contribution in [2.24, 2.45) is 20.0 Å². The molecule has 3 aromatic rings. The summed E-state index contributed by atoms with van der Waals surface area (Å²) in [5.41, 5.74) is 4.70. The van der Waals surface area contributed by atoms with Crippen LogP contribution in [0.5, 0.6) is 0 Å². The fraction of sp³-hybridized carbons (Fsp3) is 0.467. The molecule has 7 heteroatoms. The van der Waals surface area contributed by atoms with Crippen molar-refractivity contribution in [1.29, 1.82) is 0 Å². The minimum Gasteiger partial charge on any atom is -0.385 e. The van der Waals surface area contributed by atoms with E-state index in [1.807, 2.05) is 43.3 Å². The van der Waals surface area contributed by atoms with Gasteiger partial charge in [0.05, 0.1) is 23.2 Å². The quantitative estimate of drug-likeness (QED) is 0.493. The van der Waals surface area contributed by atoms with Gasteiger partial charge in [-0.05, 0) is 67.9 Å². The number of nitrogens with one attached hydrogen (secondary N) is 1. The third kappa shape index (κ3) is 5.03. The molecule has 2 fully saturated rings. The maximum absolute atomic E-state index is 12.5. The number of likely N-dealkylation sites (tertiary alicyclic amines) is 1. The molecule has 37 heavy (non-hydrogen) atoms. The molecule has 0 spiro atoms. The highest BCUT2D eigenvalue weighted by Gasteiger charge is 2.40.